The van der Waals surface area contributed by atoms with Gasteiger partial charge in [0.1, 0.15) is 11.2 Å². The van der Waals surface area contributed by atoms with Crippen LogP contribution < -0.4 is 4.90 Å². The fourth-order valence-electron chi connectivity index (χ4n) is 5.17. The van der Waals surface area contributed by atoms with E-state index in [1.807, 2.05) is 0 Å². The van der Waals surface area contributed by atoms with Crippen LogP contribution in [0.15, 0.2) is 141 Å². The Labute approximate surface area is 237 Å². The van der Waals surface area contributed by atoms with Crippen LogP contribution in [-0.4, -0.2) is 0 Å². The van der Waals surface area contributed by atoms with E-state index in [0.717, 1.165) is 53.5 Å². The summed E-state index contributed by atoms with van der Waals surface area (Å²) in [6.45, 7) is 0. The van der Waals surface area contributed by atoms with Gasteiger partial charge in [0.25, 0.3) is 0 Å². The Bertz CT molecular complexity index is 1880. The van der Waals surface area contributed by atoms with Gasteiger partial charge in [-0.25, -0.2) is 0 Å². The molecule has 0 aliphatic carbocycles. The summed E-state index contributed by atoms with van der Waals surface area (Å²) in [5.41, 5.74) is 7.43. The fraction of sp³-hybridized carbons (Fsp3) is 0. The monoisotopic (exact) mass is 617 g/mol. The lowest BCUT2D eigenvalue weighted by atomic mass is 9.98. The van der Waals surface area contributed by atoms with Gasteiger partial charge in [-0.15, -0.1) is 0 Å². The minimum Gasteiger partial charge on any atom is -0.456 e. The van der Waals surface area contributed by atoms with Crippen molar-refractivity contribution in [3.8, 4) is 11.1 Å². The molecule has 0 spiro atoms. The molecule has 0 aliphatic rings. The van der Waals surface area contributed by atoms with Crippen LogP contribution in [0.25, 0.3) is 43.8 Å². The predicted octanol–water partition coefficient (Wildman–Crippen LogP) is 11.4. The van der Waals surface area contributed by atoms with Crippen LogP contribution in [0.2, 0.25) is 0 Å². The first-order valence-electron chi connectivity index (χ1n) is 12.4. The van der Waals surface area contributed by atoms with E-state index in [2.05, 4.69) is 164 Å². The second-order valence-electron chi connectivity index (χ2n) is 9.31. The van der Waals surface area contributed by atoms with Crippen LogP contribution in [0.3, 0.4) is 0 Å². The maximum atomic E-state index is 6.30. The zero-order valence-corrected chi connectivity index (χ0v) is 23.4. The SMILES string of the molecule is Brc1ccc(N(c2ccc(Br)cc2)c2ccc(-c3cccc4oc5cc6ccccc6cc5c34)cc2)cc1. The minimum absolute atomic E-state index is 0.906. The average molecular weight is 619 g/mol. The minimum atomic E-state index is 0.906. The zero-order valence-electron chi connectivity index (χ0n) is 20.2. The van der Waals surface area contributed by atoms with E-state index in [0.29, 0.717) is 0 Å². The van der Waals surface area contributed by atoms with Gasteiger partial charge in [-0.1, -0.05) is 80.4 Å². The first kappa shape index (κ1) is 23.3. The standard InChI is InChI=1S/C34H21Br2NO/c35-25-10-16-28(17-11-25)37(29-18-12-26(36)13-19-29)27-14-8-22(9-15-27)30-6-3-7-32-34(30)31-20-23-4-1-2-5-24(23)21-33(31)38-32/h1-21H. The molecular weight excluding hydrogens is 598 g/mol. The smallest absolute Gasteiger partial charge is 0.136 e. The molecule has 182 valence electrons. The summed E-state index contributed by atoms with van der Waals surface area (Å²) in [4.78, 5) is 2.27. The lowest BCUT2D eigenvalue weighted by Crippen LogP contribution is -2.09. The molecule has 6 aromatic carbocycles. The van der Waals surface area contributed by atoms with Gasteiger partial charge in [-0.2, -0.15) is 0 Å². The molecule has 0 saturated heterocycles. The van der Waals surface area contributed by atoms with E-state index in [4.69, 9.17) is 4.42 Å². The molecule has 7 aromatic rings. The third kappa shape index (κ3) is 4.10. The molecule has 1 heterocycles. The summed E-state index contributed by atoms with van der Waals surface area (Å²) in [6, 6.07) is 44.7. The molecule has 4 heteroatoms. The molecule has 0 radical (unpaired) electrons. The van der Waals surface area contributed by atoms with Crippen molar-refractivity contribution in [1.29, 1.82) is 0 Å². The summed E-state index contributed by atoms with van der Waals surface area (Å²) in [5, 5.41) is 4.70. The van der Waals surface area contributed by atoms with Gasteiger partial charge >= 0.3 is 0 Å². The second kappa shape index (κ2) is 9.46. The van der Waals surface area contributed by atoms with Crippen molar-refractivity contribution in [2.24, 2.45) is 0 Å². The van der Waals surface area contributed by atoms with E-state index < -0.39 is 0 Å². The topological polar surface area (TPSA) is 16.4 Å². The maximum absolute atomic E-state index is 6.30. The Morgan fingerprint density at radius 3 is 1.66 bits per heavy atom. The third-order valence-electron chi connectivity index (χ3n) is 6.97. The van der Waals surface area contributed by atoms with Crippen molar-refractivity contribution in [2.45, 2.75) is 0 Å². The van der Waals surface area contributed by atoms with Crippen molar-refractivity contribution < 1.29 is 4.42 Å². The van der Waals surface area contributed by atoms with Crippen LogP contribution >= 0.6 is 31.9 Å². The van der Waals surface area contributed by atoms with Crippen LogP contribution in [0.5, 0.6) is 0 Å². The highest BCUT2D eigenvalue weighted by atomic mass is 79.9. The number of hydrogen-bond donors (Lipinski definition) is 0. The van der Waals surface area contributed by atoms with Gasteiger partial charge in [-0.05, 0) is 101 Å². The average Bonchev–Trinajstić information content (AvgIpc) is 3.32. The molecule has 0 amide bonds. The number of hydrogen-bond acceptors (Lipinski definition) is 2. The van der Waals surface area contributed by atoms with Crippen molar-refractivity contribution >= 4 is 81.6 Å². The van der Waals surface area contributed by atoms with E-state index in [1.54, 1.807) is 0 Å². The molecule has 0 unspecified atom stereocenters. The number of rotatable bonds is 4. The predicted molar refractivity (Wildman–Crippen MR) is 167 cm³/mol. The molecule has 7 rings (SSSR count). The lowest BCUT2D eigenvalue weighted by Gasteiger charge is -2.26. The number of anilines is 3. The van der Waals surface area contributed by atoms with E-state index in [9.17, 15) is 0 Å². The van der Waals surface area contributed by atoms with Crippen LogP contribution in [0, 0.1) is 0 Å². The Morgan fingerprint density at radius 1 is 0.500 bits per heavy atom. The van der Waals surface area contributed by atoms with Crippen molar-refractivity contribution in [2.75, 3.05) is 4.90 Å². The van der Waals surface area contributed by atoms with Crippen molar-refractivity contribution in [3.63, 3.8) is 0 Å². The molecule has 2 nitrogen and oxygen atoms in total. The van der Waals surface area contributed by atoms with Crippen LogP contribution in [0.1, 0.15) is 0 Å². The van der Waals surface area contributed by atoms with Gasteiger partial charge in [-0.3, -0.25) is 0 Å². The molecule has 38 heavy (non-hydrogen) atoms. The highest BCUT2D eigenvalue weighted by Gasteiger charge is 2.16. The van der Waals surface area contributed by atoms with Gasteiger partial charge in [0.2, 0.25) is 0 Å². The molecule has 0 fully saturated rings. The maximum Gasteiger partial charge on any atom is 0.136 e. The highest BCUT2D eigenvalue weighted by molar-refractivity contribution is 9.10. The summed E-state index contributed by atoms with van der Waals surface area (Å²) in [7, 11) is 0. The first-order chi connectivity index (χ1) is 18.6. The van der Waals surface area contributed by atoms with Crippen molar-refractivity contribution in [3.05, 3.63) is 136 Å². The summed E-state index contributed by atoms with van der Waals surface area (Å²) in [6.07, 6.45) is 0. The summed E-state index contributed by atoms with van der Waals surface area (Å²) in [5.74, 6) is 0. The van der Waals surface area contributed by atoms with Gasteiger partial charge in [0.15, 0.2) is 0 Å². The van der Waals surface area contributed by atoms with E-state index in [1.165, 1.54) is 16.3 Å². The Hall–Kier alpha value is -3.86. The van der Waals surface area contributed by atoms with Crippen LogP contribution in [-0.2, 0) is 0 Å². The first-order valence-corrected chi connectivity index (χ1v) is 14.0. The summed E-state index contributed by atoms with van der Waals surface area (Å²) >= 11 is 7.13. The number of halogens is 2. The molecular formula is C34H21Br2NO. The zero-order chi connectivity index (χ0) is 25.6. The second-order valence-corrected chi connectivity index (χ2v) is 11.1. The largest absolute Gasteiger partial charge is 0.456 e. The molecule has 0 atom stereocenters. The number of benzene rings is 6. The quantitative estimate of drug-likeness (QED) is 0.195. The molecule has 1 aromatic heterocycles. The summed E-state index contributed by atoms with van der Waals surface area (Å²) < 4.78 is 8.42. The van der Waals surface area contributed by atoms with E-state index in [-0.39, 0.29) is 0 Å². The Balaban J connectivity index is 1.36. The van der Waals surface area contributed by atoms with Crippen LogP contribution in [0.4, 0.5) is 17.1 Å². The Morgan fingerprint density at radius 2 is 1.05 bits per heavy atom. The number of nitrogens with zero attached hydrogens (tertiary/aromatic N) is 1. The normalized spacial score (nSPS) is 11.4. The number of furan rings is 1. The van der Waals surface area contributed by atoms with Gasteiger partial charge in [0, 0.05) is 36.8 Å². The third-order valence-corrected chi connectivity index (χ3v) is 8.03. The fourth-order valence-corrected chi connectivity index (χ4v) is 5.70. The number of fused-ring (bicyclic) bond motifs is 4. The molecule has 0 saturated carbocycles. The van der Waals surface area contributed by atoms with Gasteiger partial charge < -0.3 is 9.32 Å². The molecule has 0 aliphatic heterocycles. The molecule has 0 N–H and O–H groups in total. The Kier molecular flexibility index (Phi) is 5.80. The van der Waals surface area contributed by atoms with Gasteiger partial charge in [0.05, 0.1) is 0 Å². The molecule has 0 bridgehead atoms. The highest BCUT2D eigenvalue weighted by Crippen LogP contribution is 2.40. The van der Waals surface area contributed by atoms with E-state index >= 15 is 0 Å². The lowest BCUT2D eigenvalue weighted by molar-refractivity contribution is 0.669. The van der Waals surface area contributed by atoms with Crippen molar-refractivity contribution in [1.82, 2.24) is 0 Å².